The van der Waals surface area contributed by atoms with Crippen molar-refractivity contribution in [3.05, 3.63) is 65.9 Å². The van der Waals surface area contributed by atoms with Gasteiger partial charge in [0, 0.05) is 30.4 Å². The van der Waals surface area contributed by atoms with Crippen molar-refractivity contribution in [1.29, 1.82) is 0 Å². The Labute approximate surface area is 135 Å². The highest BCUT2D eigenvalue weighted by molar-refractivity contribution is 5.91. The third-order valence-electron chi connectivity index (χ3n) is 4.02. The molecule has 1 aromatic heterocycles. The van der Waals surface area contributed by atoms with Crippen molar-refractivity contribution in [3.63, 3.8) is 0 Å². The van der Waals surface area contributed by atoms with E-state index in [2.05, 4.69) is 28.1 Å². The molecule has 0 aliphatic carbocycles. The normalized spacial score (nSPS) is 10.9. The molecule has 0 spiro atoms. The van der Waals surface area contributed by atoms with Crippen LogP contribution in [0.5, 0.6) is 0 Å². The summed E-state index contributed by atoms with van der Waals surface area (Å²) in [5.41, 5.74) is 3.68. The number of fused-ring (bicyclic) bond motifs is 1. The van der Waals surface area contributed by atoms with E-state index in [1.807, 2.05) is 43.5 Å². The van der Waals surface area contributed by atoms with E-state index in [9.17, 15) is 9.90 Å². The summed E-state index contributed by atoms with van der Waals surface area (Å²) in [4.78, 5) is 12.2. The highest BCUT2D eigenvalue weighted by Crippen LogP contribution is 2.18. The summed E-state index contributed by atoms with van der Waals surface area (Å²) in [6, 6.07) is 15.8. The van der Waals surface area contributed by atoms with Crippen molar-refractivity contribution >= 4 is 22.5 Å². The van der Waals surface area contributed by atoms with Gasteiger partial charge in [-0.15, -0.1) is 0 Å². The van der Waals surface area contributed by atoms with Crippen molar-refractivity contribution in [2.45, 2.75) is 26.5 Å². The number of aryl methyl sites for hydroxylation is 2. The van der Waals surface area contributed by atoms with Gasteiger partial charge in [-0.2, -0.15) is 0 Å². The highest BCUT2D eigenvalue weighted by Gasteiger charge is 2.07. The van der Waals surface area contributed by atoms with Crippen LogP contribution in [0.4, 0.5) is 5.69 Å². The summed E-state index contributed by atoms with van der Waals surface area (Å²) in [6.45, 7) is 2.55. The van der Waals surface area contributed by atoms with Crippen LogP contribution in [0.15, 0.2) is 54.7 Å². The van der Waals surface area contributed by atoms with Gasteiger partial charge in [0.25, 0.3) is 0 Å². The van der Waals surface area contributed by atoms with Crippen molar-refractivity contribution in [1.82, 2.24) is 4.57 Å². The van der Waals surface area contributed by atoms with Crippen molar-refractivity contribution in [2.24, 2.45) is 0 Å². The predicted molar refractivity (Wildman–Crippen MR) is 92.3 cm³/mol. The highest BCUT2D eigenvalue weighted by atomic mass is 16.3. The van der Waals surface area contributed by atoms with E-state index in [0.717, 1.165) is 22.3 Å². The maximum atomic E-state index is 12.2. The number of anilines is 1. The van der Waals surface area contributed by atoms with E-state index in [-0.39, 0.29) is 12.5 Å². The van der Waals surface area contributed by atoms with Gasteiger partial charge in [0.2, 0.25) is 5.91 Å². The van der Waals surface area contributed by atoms with Gasteiger partial charge in [0.1, 0.15) is 0 Å². The maximum absolute atomic E-state index is 12.2. The SMILES string of the molecule is Cc1ccc(CO)cc1NC(=O)CCn1ccc2ccccc21. The van der Waals surface area contributed by atoms with Gasteiger partial charge >= 0.3 is 0 Å². The molecule has 2 N–H and O–H groups in total. The largest absolute Gasteiger partial charge is 0.392 e. The van der Waals surface area contributed by atoms with Crippen LogP contribution >= 0.6 is 0 Å². The van der Waals surface area contributed by atoms with Crippen LogP contribution in [-0.2, 0) is 17.9 Å². The number of nitrogens with one attached hydrogen (secondary N) is 1. The predicted octanol–water partition coefficient (Wildman–Crippen LogP) is 3.47. The number of amides is 1. The quantitative estimate of drug-likeness (QED) is 0.758. The Balaban J connectivity index is 1.66. The molecule has 4 nitrogen and oxygen atoms in total. The van der Waals surface area contributed by atoms with E-state index in [4.69, 9.17) is 0 Å². The van der Waals surface area contributed by atoms with E-state index in [0.29, 0.717) is 13.0 Å². The third-order valence-corrected chi connectivity index (χ3v) is 4.02. The average molecular weight is 308 g/mol. The van der Waals surface area contributed by atoms with Crippen LogP contribution < -0.4 is 5.32 Å². The Kier molecular flexibility index (Phi) is 4.44. The molecule has 4 heteroatoms. The molecule has 0 aliphatic heterocycles. The van der Waals surface area contributed by atoms with E-state index in [1.165, 1.54) is 5.39 Å². The molecular weight excluding hydrogens is 288 g/mol. The van der Waals surface area contributed by atoms with Crippen LogP contribution in [0.3, 0.4) is 0 Å². The Hall–Kier alpha value is -2.59. The van der Waals surface area contributed by atoms with Crippen LogP contribution in [0.2, 0.25) is 0 Å². The molecule has 0 aliphatic rings. The first kappa shape index (κ1) is 15.3. The van der Waals surface area contributed by atoms with Gasteiger partial charge in [-0.05, 0) is 41.6 Å². The third kappa shape index (κ3) is 3.43. The molecule has 3 rings (SSSR count). The molecule has 23 heavy (non-hydrogen) atoms. The van der Waals surface area contributed by atoms with Gasteiger partial charge in [-0.3, -0.25) is 4.79 Å². The smallest absolute Gasteiger partial charge is 0.226 e. The topological polar surface area (TPSA) is 54.3 Å². The van der Waals surface area contributed by atoms with E-state index >= 15 is 0 Å². The molecule has 1 amide bonds. The number of carbonyl (C=O) groups is 1. The molecule has 0 saturated carbocycles. The Morgan fingerprint density at radius 1 is 1.17 bits per heavy atom. The fourth-order valence-electron chi connectivity index (χ4n) is 2.67. The summed E-state index contributed by atoms with van der Waals surface area (Å²) < 4.78 is 2.09. The van der Waals surface area contributed by atoms with Crippen LogP contribution in [0.1, 0.15) is 17.5 Å². The van der Waals surface area contributed by atoms with Gasteiger partial charge in [-0.25, -0.2) is 0 Å². The number of aliphatic hydroxyl groups is 1. The number of benzene rings is 2. The molecule has 0 radical (unpaired) electrons. The fraction of sp³-hybridized carbons (Fsp3) is 0.211. The lowest BCUT2D eigenvalue weighted by Crippen LogP contribution is -2.15. The number of rotatable bonds is 5. The summed E-state index contributed by atoms with van der Waals surface area (Å²) >= 11 is 0. The molecule has 0 bridgehead atoms. The molecule has 3 aromatic rings. The van der Waals surface area contributed by atoms with Gasteiger partial charge in [0.15, 0.2) is 0 Å². The van der Waals surface area contributed by atoms with Crippen LogP contribution in [0.25, 0.3) is 10.9 Å². The lowest BCUT2D eigenvalue weighted by Gasteiger charge is -2.10. The second-order valence-electron chi connectivity index (χ2n) is 5.67. The first-order valence-electron chi connectivity index (χ1n) is 7.71. The number of hydrogen-bond donors (Lipinski definition) is 2. The number of aromatic nitrogens is 1. The molecule has 0 saturated heterocycles. The number of carbonyl (C=O) groups excluding carboxylic acids is 1. The minimum absolute atomic E-state index is 0.0269. The average Bonchev–Trinajstić information content (AvgIpc) is 2.98. The lowest BCUT2D eigenvalue weighted by atomic mass is 10.1. The Morgan fingerprint density at radius 3 is 2.83 bits per heavy atom. The molecule has 0 atom stereocenters. The van der Waals surface area contributed by atoms with Gasteiger partial charge < -0.3 is 15.0 Å². The molecule has 2 aromatic carbocycles. The van der Waals surface area contributed by atoms with Crippen molar-refractivity contribution in [3.8, 4) is 0 Å². The second kappa shape index (κ2) is 6.67. The van der Waals surface area contributed by atoms with E-state index in [1.54, 1.807) is 0 Å². The molecule has 118 valence electrons. The first-order valence-corrected chi connectivity index (χ1v) is 7.71. The second-order valence-corrected chi connectivity index (χ2v) is 5.67. The minimum atomic E-state index is -0.0293. The molecule has 0 fully saturated rings. The number of para-hydroxylation sites is 1. The molecule has 0 unspecified atom stereocenters. The van der Waals surface area contributed by atoms with Crippen molar-refractivity contribution < 1.29 is 9.90 Å². The number of nitrogens with zero attached hydrogens (tertiary/aromatic N) is 1. The van der Waals surface area contributed by atoms with Crippen LogP contribution in [-0.4, -0.2) is 15.6 Å². The van der Waals surface area contributed by atoms with Gasteiger partial charge in [-0.1, -0.05) is 30.3 Å². The fourth-order valence-corrected chi connectivity index (χ4v) is 2.67. The Bertz CT molecular complexity index is 836. The summed E-state index contributed by atoms with van der Waals surface area (Å²) in [7, 11) is 0. The summed E-state index contributed by atoms with van der Waals surface area (Å²) in [6.07, 6.45) is 2.41. The minimum Gasteiger partial charge on any atom is -0.392 e. The zero-order chi connectivity index (χ0) is 16.2. The zero-order valence-corrected chi connectivity index (χ0v) is 13.1. The summed E-state index contributed by atoms with van der Waals surface area (Å²) in [5.74, 6) is -0.0269. The lowest BCUT2D eigenvalue weighted by molar-refractivity contribution is -0.116. The zero-order valence-electron chi connectivity index (χ0n) is 13.1. The van der Waals surface area contributed by atoms with Crippen LogP contribution in [0, 0.1) is 6.92 Å². The standard InChI is InChI=1S/C19H20N2O2/c1-14-6-7-15(13-22)12-17(14)20-19(23)9-11-21-10-8-16-4-2-3-5-18(16)21/h2-8,10,12,22H,9,11,13H2,1H3,(H,20,23). The number of aliphatic hydroxyl groups excluding tert-OH is 1. The maximum Gasteiger partial charge on any atom is 0.226 e. The molecular formula is C19H20N2O2. The van der Waals surface area contributed by atoms with E-state index < -0.39 is 0 Å². The first-order chi connectivity index (χ1) is 11.2. The monoisotopic (exact) mass is 308 g/mol. The summed E-state index contributed by atoms with van der Waals surface area (Å²) in [5, 5.41) is 13.3. The van der Waals surface area contributed by atoms with Crippen molar-refractivity contribution in [2.75, 3.05) is 5.32 Å². The van der Waals surface area contributed by atoms with Gasteiger partial charge in [0.05, 0.1) is 6.61 Å². The Morgan fingerprint density at radius 2 is 2.00 bits per heavy atom. The number of hydrogen-bond acceptors (Lipinski definition) is 2. The molecule has 1 heterocycles.